The SMILES string of the molecule is NC(=O)Nc1ccc(NC(=O)c2n[nH]c3ccc([N+](=O)[O-])cc23)cc1. The number of rotatable bonds is 4. The highest BCUT2D eigenvalue weighted by Gasteiger charge is 2.17. The fourth-order valence-corrected chi connectivity index (χ4v) is 2.26. The summed E-state index contributed by atoms with van der Waals surface area (Å²) in [5.74, 6) is -0.526. The van der Waals surface area contributed by atoms with Crippen LogP contribution in [0.1, 0.15) is 10.5 Å². The summed E-state index contributed by atoms with van der Waals surface area (Å²) in [7, 11) is 0. The smallest absolute Gasteiger partial charge is 0.316 e. The maximum absolute atomic E-state index is 12.4. The Balaban J connectivity index is 1.83. The monoisotopic (exact) mass is 340 g/mol. The molecule has 0 saturated carbocycles. The molecule has 3 amide bonds. The number of urea groups is 1. The molecular formula is C15H12N6O4. The number of non-ortho nitro benzene ring substituents is 1. The van der Waals surface area contributed by atoms with Crippen LogP contribution < -0.4 is 16.4 Å². The predicted molar refractivity (Wildman–Crippen MR) is 90.3 cm³/mol. The molecule has 0 bridgehead atoms. The van der Waals surface area contributed by atoms with Crippen LogP contribution in [-0.4, -0.2) is 27.1 Å². The van der Waals surface area contributed by atoms with Crippen LogP contribution in [-0.2, 0) is 0 Å². The molecule has 0 aliphatic heterocycles. The van der Waals surface area contributed by atoms with E-state index in [1.54, 1.807) is 24.3 Å². The summed E-state index contributed by atoms with van der Waals surface area (Å²) < 4.78 is 0. The van der Waals surface area contributed by atoms with Crippen molar-refractivity contribution in [3.63, 3.8) is 0 Å². The largest absolute Gasteiger partial charge is 0.351 e. The van der Waals surface area contributed by atoms with Gasteiger partial charge in [0.05, 0.1) is 10.4 Å². The van der Waals surface area contributed by atoms with Crippen LogP contribution in [0.15, 0.2) is 42.5 Å². The van der Waals surface area contributed by atoms with Crippen molar-refractivity contribution in [2.24, 2.45) is 5.73 Å². The van der Waals surface area contributed by atoms with Gasteiger partial charge in [0.1, 0.15) is 0 Å². The fourth-order valence-electron chi connectivity index (χ4n) is 2.26. The van der Waals surface area contributed by atoms with Gasteiger partial charge in [-0.25, -0.2) is 4.79 Å². The quantitative estimate of drug-likeness (QED) is 0.423. The molecule has 1 heterocycles. The highest BCUT2D eigenvalue weighted by atomic mass is 16.6. The van der Waals surface area contributed by atoms with Crippen LogP contribution >= 0.6 is 0 Å². The number of carbonyl (C=O) groups is 2. The van der Waals surface area contributed by atoms with Crippen LogP contribution in [0, 0.1) is 10.1 Å². The number of H-pyrrole nitrogens is 1. The molecule has 5 N–H and O–H groups in total. The second-order valence-electron chi connectivity index (χ2n) is 5.08. The summed E-state index contributed by atoms with van der Waals surface area (Å²) in [4.78, 5) is 33.5. The number of primary amides is 1. The molecule has 3 aromatic rings. The standard InChI is InChI=1S/C15H12N6O4/c16-15(23)18-9-3-1-8(2-4-9)17-14(22)13-11-7-10(21(24)25)5-6-12(11)19-20-13/h1-7H,(H,17,22)(H,19,20)(H3,16,18,23). The molecule has 0 fully saturated rings. The van der Waals surface area contributed by atoms with E-state index < -0.39 is 16.9 Å². The van der Waals surface area contributed by atoms with Crippen molar-refractivity contribution in [1.82, 2.24) is 10.2 Å². The lowest BCUT2D eigenvalue weighted by molar-refractivity contribution is -0.384. The van der Waals surface area contributed by atoms with E-state index in [1.165, 1.54) is 18.2 Å². The number of nitrogens with zero attached hydrogens (tertiary/aromatic N) is 2. The van der Waals surface area contributed by atoms with Crippen molar-refractivity contribution in [2.45, 2.75) is 0 Å². The zero-order chi connectivity index (χ0) is 18.0. The average Bonchev–Trinajstić information content (AvgIpc) is 2.99. The molecule has 25 heavy (non-hydrogen) atoms. The van der Waals surface area contributed by atoms with E-state index in [1.807, 2.05) is 0 Å². The van der Waals surface area contributed by atoms with E-state index in [4.69, 9.17) is 5.73 Å². The summed E-state index contributed by atoms with van der Waals surface area (Å²) >= 11 is 0. The molecule has 0 aliphatic carbocycles. The lowest BCUT2D eigenvalue weighted by atomic mass is 10.2. The Labute approximate surface area is 140 Å². The summed E-state index contributed by atoms with van der Waals surface area (Å²) in [6.07, 6.45) is 0. The van der Waals surface area contributed by atoms with Gasteiger partial charge in [-0.05, 0) is 30.3 Å². The van der Waals surface area contributed by atoms with E-state index in [0.29, 0.717) is 22.3 Å². The highest BCUT2D eigenvalue weighted by Crippen LogP contribution is 2.23. The molecule has 0 aliphatic rings. The molecule has 0 unspecified atom stereocenters. The second kappa shape index (κ2) is 6.28. The molecule has 10 nitrogen and oxygen atoms in total. The van der Waals surface area contributed by atoms with Crippen molar-refractivity contribution in [2.75, 3.05) is 10.6 Å². The van der Waals surface area contributed by atoms with Crippen molar-refractivity contribution in [3.05, 3.63) is 58.3 Å². The van der Waals surface area contributed by atoms with Gasteiger partial charge in [-0.3, -0.25) is 20.0 Å². The van der Waals surface area contributed by atoms with Crippen molar-refractivity contribution in [1.29, 1.82) is 0 Å². The van der Waals surface area contributed by atoms with Gasteiger partial charge in [0, 0.05) is 28.9 Å². The Bertz CT molecular complexity index is 979. The number of benzene rings is 2. The van der Waals surface area contributed by atoms with Crippen LogP contribution in [0.25, 0.3) is 10.9 Å². The zero-order valence-corrected chi connectivity index (χ0v) is 12.6. The number of nitrogens with one attached hydrogen (secondary N) is 3. The molecular weight excluding hydrogens is 328 g/mol. The van der Waals surface area contributed by atoms with E-state index in [0.717, 1.165) is 0 Å². The number of amides is 3. The molecule has 0 atom stereocenters. The lowest BCUT2D eigenvalue weighted by Crippen LogP contribution is -2.19. The Kier molecular flexibility index (Phi) is 4.00. The Hall–Kier alpha value is -3.95. The third-order valence-corrected chi connectivity index (χ3v) is 3.38. The number of carbonyl (C=O) groups excluding carboxylic acids is 2. The topological polar surface area (TPSA) is 156 Å². The molecule has 2 aromatic carbocycles. The van der Waals surface area contributed by atoms with Gasteiger partial charge in [-0.15, -0.1) is 0 Å². The summed E-state index contributed by atoms with van der Waals surface area (Å²) in [6.45, 7) is 0. The first kappa shape index (κ1) is 15.9. The van der Waals surface area contributed by atoms with Crippen LogP contribution in [0.5, 0.6) is 0 Å². The average molecular weight is 340 g/mol. The second-order valence-corrected chi connectivity index (χ2v) is 5.08. The number of hydrogen-bond donors (Lipinski definition) is 4. The molecule has 10 heteroatoms. The summed E-state index contributed by atoms with van der Waals surface area (Å²) in [6, 6.07) is 9.67. The van der Waals surface area contributed by atoms with E-state index in [2.05, 4.69) is 20.8 Å². The van der Waals surface area contributed by atoms with Gasteiger partial charge in [-0.1, -0.05) is 0 Å². The van der Waals surface area contributed by atoms with E-state index in [-0.39, 0.29) is 11.4 Å². The van der Waals surface area contributed by atoms with Crippen molar-refractivity contribution < 1.29 is 14.5 Å². The Morgan fingerprint density at radius 2 is 1.72 bits per heavy atom. The first-order valence-electron chi connectivity index (χ1n) is 7.04. The first-order chi connectivity index (χ1) is 11.9. The van der Waals surface area contributed by atoms with Gasteiger partial charge in [0.15, 0.2) is 5.69 Å². The minimum atomic E-state index is -0.693. The number of anilines is 2. The predicted octanol–water partition coefficient (Wildman–Crippen LogP) is 2.21. The maximum Gasteiger partial charge on any atom is 0.316 e. The number of nitro benzene ring substituents is 1. The Morgan fingerprint density at radius 1 is 1.08 bits per heavy atom. The lowest BCUT2D eigenvalue weighted by Gasteiger charge is -2.05. The number of aromatic nitrogens is 2. The third kappa shape index (κ3) is 3.37. The van der Waals surface area contributed by atoms with Gasteiger partial charge in [0.25, 0.3) is 11.6 Å². The summed E-state index contributed by atoms with van der Waals surface area (Å²) in [5.41, 5.74) is 6.37. The van der Waals surface area contributed by atoms with Gasteiger partial charge in [-0.2, -0.15) is 5.10 Å². The maximum atomic E-state index is 12.4. The Morgan fingerprint density at radius 3 is 2.32 bits per heavy atom. The molecule has 0 spiro atoms. The molecule has 3 rings (SSSR count). The van der Waals surface area contributed by atoms with Crippen LogP contribution in [0.4, 0.5) is 21.9 Å². The number of fused-ring (bicyclic) bond motifs is 1. The van der Waals surface area contributed by atoms with Crippen LogP contribution in [0.3, 0.4) is 0 Å². The third-order valence-electron chi connectivity index (χ3n) is 3.38. The minimum absolute atomic E-state index is 0.0398. The minimum Gasteiger partial charge on any atom is -0.351 e. The molecule has 126 valence electrons. The van der Waals surface area contributed by atoms with Crippen LogP contribution in [0.2, 0.25) is 0 Å². The molecule has 1 aromatic heterocycles. The van der Waals surface area contributed by atoms with Crippen molar-refractivity contribution >= 4 is 39.9 Å². The number of hydrogen-bond acceptors (Lipinski definition) is 5. The normalized spacial score (nSPS) is 10.4. The first-order valence-corrected chi connectivity index (χ1v) is 7.04. The number of aromatic amines is 1. The number of nitro groups is 1. The number of nitrogens with two attached hydrogens (primary N) is 1. The highest BCUT2D eigenvalue weighted by molar-refractivity contribution is 6.11. The molecule has 0 saturated heterocycles. The van der Waals surface area contributed by atoms with Crippen molar-refractivity contribution in [3.8, 4) is 0 Å². The summed E-state index contributed by atoms with van der Waals surface area (Å²) in [5, 5.41) is 22.8. The van der Waals surface area contributed by atoms with Gasteiger partial charge >= 0.3 is 6.03 Å². The van der Waals surface area contributed by atoms with E-state index >= 15 is 0 Å². The van der Waals surface area contributed by atoms with Gasteiger partial charge in [0.2, 0.25) is 0 Å². The zero-order valence-electron chi connectivity index (χ0n) is 12.6. The molecule has 0 radical (unpaired) electrons. The van der Waals surface area contributed by atoms with E-state index in [9.17, 15) is 19.7 Å². The fraction of sp³-hybridized carbons (Fsp3) is 0. The van der Waals surface area contributed by atoms with Gasteiger partial charge < -0.3 is 16.4 Å².